The van der Waals surface area contributed by atoms with Crippen LogP contribution in [0.3, 0.4) is 0 Å². The van der Waals surface area contributed by atoms with E-state index in [1.54, 1.807) is 0 Å². The first-order valence-corrected chi connectivity index (χ1v) is 5.66. The summed E-state index contributed by atoms with van der Waals surface area (Å²) in [6, 6.07) is 3.52. The lowest BCUT2D eigenvalue weighted by Crippen LogP contribution is -2.17. The van der Waals surface area contributed by atoms with Gasteiger partial charge in [-0.1, -0.05) is 27.5 Å². The van der Waals surface area contributed by atoms with Gasteiger partial charge in [-0.15, -0.1) is 13.2 Å². The van der Waals surface area contributed by atoms with Crippen LogP contribution in [0.5, 0.6) is 11.5 Å². The average Bonchev–Trinajstić information content (AvgIpc) is 2.14. The number of alkyl halides is 4. The lowest BCUT2D eigenvalue weighted by molar-refractivity contribution is -0.274. The van der Waals surface area contributed by atoms with Gasteiger partial charge in [0.05, 0.1) is 11.6 Å². The molecule has 0 aliphatic heterocycles. The molecule has 0 heterocycles. The second-order valence-electron chi connectivity index (χ2n) is 2.68. The van der Waals surface area contributed by atoms with Gasteiger partial charge in [-0.05, 0) is 12.1 Å². The van der Waals surface area contributed by atoms with Gasteiger partial charge in [-0.3, -0.25) is 0 Å². The van der Waals surface area contributed by atoms with E-state index in [2.05, 4.69) is 20.7 Å². The molecule has 0 saturated carbocycles. The van der Waals surface area contributed by atoms with E-state index in [0.29, 0.717) is 17.7 Å². The maximum Gasteiger partial charge on any atom is 0.573 e. The van der Waals surface area contributed by atoms with Crippen LogP contribution in [0, 0.1) is 0 Å². The lowest BCUT2D eigenvalue weighted by Gasteiger charge is -2.11. The van der Waals surface area contributed by atoms with Gasteiger partial charge in [0.2, 0.25) is 0 Å². The third kappa shape index (κ3) is 4.49. The number of benzene rings is 1. The Bertz CT molecular complexity index is 357. The third-order valence-electron chi connectivity index (χ3n) is 1.47. The van der Waals surface area contributed by atoms with Crippen molar-refractivity contribution in [2.75, 3.05) is 11.9 Å². The zero-order chi connectivity index (χ0) is 12.2. The minimum absolute atomic E-state index is 0.0719. The molecule has 0 amide bonds. The zero-order valence-corrected chi connectivity index (χ0v) is 10.2. The second kappa shape index (κ2) is 5.63. The number of hydrogen-bond acceptors (Lipinski definition) is 2. The van der Waals surface area contributed by atoms with Crippen LogP contribution < -0.4 is 9.47 Å². The molecule has 0 unspecified atom stereocenters. The predicted octanol–water partition coefficient (Wildman–Crippen LogP) is 4.01. The molecule has 1 aromatic carbocycles. The molecule has 0 aliphatic rings. The molecule has 0 aromatic heterocycles. The summed E-state index contributed by atoms with van der Waals surface area (Å²) in [7, 11) is 0. The van der Waals surface area contributed by atoms with Gasteiger partial charge < -0.3 is 9.47 Å². The van der Waals surface area contributed by atoms with Crippen molar-refractivity contribution in [3.05, 3.63) is 23.2 Å². The quantitative estimate of drug-likeness (QED) is 0.781. The monoisotopic (exact) mass is 318 g/mol. The summed E-state index contributed by atoms with van der Waals surface area (Å²) >= 11 is 8.85. The van der Waals surface area contributed by atoms with Crippen LogP contribution in [0.2, 0.25) is 5.02 Å². The molecular weight excluding hydrogens is 312 g/mol. The van der Waals surface area contributed by atoms with Crippen molar-refractivity contribution < 1.29 is 22.6 Å². The number of rotatable bonds is 4. The molecule has 7 heteroatoms. The SMILES string of the molecule is FC(F)(F)Oc1ccc(OCCBr)c(Cl)c1. The van der Waals surface area contributed by atoms with E-state index >= 15 is 0 Å². The smallest absolute Gasteiger partial charge is 0.491 e. The predicted molar refractivity (Wildman–Crippen MR) is 57.4 cm³/mol. The molecule has 0 radical (unpaired) electrons. The molecule has 2 nitrogen and oxygen atoms in total. The molecular formula is C9H7BrClF3O2. The number of halogens is 5. The van der Waals surface area contributed by atoms with Crippen LogP contribution in [0.25, 0.3) is 0 Å². The summed E-state index contributed by atoms with van der Waals surface area (Å²) in [6.45, 7) is 0.374. The van der Waals surface area contributed by atoms with Crippen LogP contribution in [0.15, 0.2) is 18.2 Å². The van der Waals surface area contributed by atoms with Gasteiger partial charge in [-0.25, -0.2) is 0 Å². The Hall–Kier alpha value is -0.620. The Morgan fingerprint density at radius 2 is 2.00 bits per heavy atom. The van der Waals surface area contributed by atoms with E-state index in [4.69, 9.17) is 16.3 Å². The molecule has 0 saturated heterocycles. The Morgan fingerprint density at radius 1 is 1.31 bits per heavy atom. The van der Waals surface area contributed by atoms with E-state index in [9.17, 15) is 13.2 Å². The Kier molecular flexibility index (Phi) is 4.73. The molecule has 90 valence electrons. The normalized spacial score (nSPS) is 11.3. The highest BCUT2D eigenvalue weighted by molar-refractivity contribution is 9.09. The lowest BCUT2D eigenvalue weighted by atomic mass is 10.3. The fourth-order valence-corrected chi connectivity index (χ4v) is 1.33. The fourth-order valence-electron chi connectivity index (χ4n) is 0.944. The van der Waals surface area contributed by atoms with Gasteiger partial charge in [0, 0.05) is 11.4 Å². The minimum atomic E-state index is -4.72. The van der Waals surface area contributed by atoms with Crippen LogP contribution in [0.4, 0.5) is 13.2 Å². The van der Waals surface area contributed by atoms with Crippen molar-refractivity contribution >= 4 is 27.5 Å². The highest BCUT2D eigenvalue weighted by Crippen LogP contribution is 2.31. The highest BCUT2D eigenvalue weighted by atomic mass is 79.9. The van der Waals surface area contributed by atoms with Gasteiger partial charge in [0.25, 0.3) is 0 Å². The first-order valence-electron chi connectivity index (χ1n) is 4.16. The van der Waals surface area contributed by atoms with Crippen LogP contribution >= 0.6 is 27.5 Å². The van der Waals surface area contributed by atoms with Crippen molar-refractivity contribution in [1.29, 1.82) is 0 Å². The summed E-state index contributed by atoms with van der Waals surface area (Å²) in [4.78, 5) is 0. The largest absolute Gasteiger partial charge is 0.573 e. The summed E-state index contributed by atoms with van der Waals surface area (Å²) in [5, 5.41) is 0.673. The summed E-state index contributed by atoms with van der Waals surface area (Å²) < 4.78 is 44.5. The van der Waals surface area contributed by atoms with Crippen LogP contribution in [-0.4, -0.2) is 18.3 Å². The van der Waals surface area contributed by atoms with Gasteiger partial charge >= 0.3 is 6.36 Å². The highest BCUT2D eigenvalue weighted by Gasteiger charge is 2.31. The average molecular weight is 320 g/mol. The Morgan fingerprint density at radius 3 is 2.50 bits per heavy atom. The third-order valence-corrected chi connectivity index (χ3v) is 2.09. The maximum atomic E-state index is 11.9. The standard InChI is InChI=1S/C9H7BrClF3O2/c10-3-4-15-8-2-1-6(5-7(8)11)16-9(12,13)14/h1-2,5H,3-4H2. The summed E-state index contributed by atoms with van der Waals surface area (Å²) in [5.41, 5.74) is 0. The van der Waals surface area contributed by atoms with Crippen molar-refractivity contribution in [3.8, 4) is 11.5 Å². The van der Waals surface area contributed by atoms with Crippen molar-refractivity contribution in [3.63, 3.8) is 0 Å². The minimum Gasteiger partial charge on any atom is -0.491 e. The molecule has 0 fully saturated rings. The van der Waals surface area contributed by atoms with Crippen molar-refractivity contribution in [2.24, 2.45) is 0 Å². The maximum absolute atomic E-state index is 11.9. The Labute approximate surface area is 103 Å². The molecule has 0 bridgehead atoms. The van der Waals surface area contributed by atoms with Crippen molar-refractivity contribution in [1.82, 2.24) is 0 Å². The van der Waals surface area contributed by atoms with E-state index in [-0.39, 0.29) is 10.8 Å². The van der Waals surface area contributed by atoms with Crippen molar-refractivity contribution in [2.45, 2.75) is 6.36 Å². The molecule has 0 atom stereocenters. The fraction of sp³-hybridized carbons (Fsp3) is 0.333. The first kappa shape index (κ1) is 13.4. The van der Waals surface area contributed by atoms with Crippen LogP contribution in [0.1, 0.15) is 0 Å². The molecule has 0 N–H and O–H groups in total. The summed E-state index contributed by atoms with van der Waals surface area (Å²) in [5.74, 6) is -0.0562. The molecule has 0 spiro atoms. The Balaban J connectivity index is 2.74. The van der Waals surface area contributed by atoms with Gasteiger partial charge in [0.1, 0.15) is 11.5 Å². The van der Waals surface area contributed by atoms with Gasteiger partial charge in [-0.2, -0.15) is 0 Å². The molecule has 16 heavy (non-hydrogen) atoms. The molecule has 1 rings (SSSR count). The molecule has 0 aliphatic carbocycles. The first-order chi connectivity index (χ1) is 7.42. The summed E-state index contributed by atoms with van der Waals surface area (Å²) in [6.07, 6.45) is -4.72. The number of ether oxygens (including phenoxy) is 2. The zero-order valence-electron chi connectivity index (χ0n) is 7.85. The van der Waals surface area contributed by atoms with Crippen LogP contribution in [-0.2, 0) is 0 Å². The number of hydrogen-bond donors (Lipinski definition) is 0. The van der Waals surface area contributed by atoms with E-state index in [1.807, 2.05) is 0 Å². The topological polar surface area (TPSA) is 18.5 Å². The van der Waals surface area contributed by atoms with E-state index < -0.39 is 6.36 Å². The van der Waals surface area contributed by atoms with E-state index in [0.717, 1.165) is 12.1 Å². The van der Waals surface area contributed by atoms with E-state index in [1.165, 1.54) is 6.07 Å². The molecule has 1 aromatic rings. The van der Waals surface area contributed by atoms with Gasteiger partial charge in [0.15, 0.2) is 0 Å². The second-order valence-corrected chi connectivity index (χ2v) is 3.88.